The lowest BCUT2D eigenvalue weighted by Crippen LogP contribution is -2.13. The van der Waals surface area contributed by atoms with E-state index in [0.29, 0.717) is 48.4 Å². The van der Waals surface area contributed by atoms with E-state index < -0.39 is 5.91 Å². The molecule has 0 spiro atoms. The molecule has 0 aliphatic carbocycles. The molecule has 1 N–H and O–H groups in total. The summed E-state index contributed by atoms with van der Waals surface area (Å²) in [7, 11) is 1.59. The normalized spacial score (nSPS) is 10.9. The molecule has 0 saturated carbocycles. The molecule has 0 radical (unpaired) electrons. The zero-order valence-corrected chi connectivity index (χ0v) is 17.7. The Labute approximate surface area is 184 Å². The maximum absolute atomic E-state index is 13.0. The summed E-state index contributed by atoms with van der Waals surface area (Å²) in [5, 5.41) is 7.04. The third-order valence-corrected chi connectivity index (χ3v) is 4.66. The van der Waals surface area contributed by atoms with Crippen LogP contribution in [0.1, 0.15) is 39.6 Å². The summed E-state index contributed by atoms with van der Waals surface area (Å²) >= 11 is 0. The Kier molecular flexibility index (Phi) is 6.27. The number of anilines is 1. The van der Waals surface area contributed by atoms with Crippen molar-refractivity contribution in [2.75, 3.05) is 19.0 Å². The van der Waals surface area contributed by atoms with Gasteiger partial charge in [0.1, 0.15) is 5.76 Å². The van der Waals surface area contributed by atoms with E-state index in [1.807, 2.05) is 30.3 Å². The SMILES string of the molecule is COCCc1nc(C(=O)Nc2cnn(Cc3ccc(C(C)=O)o3)c2)c(-c2ccccc2)o1. The molecular formula is C23H22N4O5. The first-order valence-electron chi connectivity index (χ1n) is 10.0. The first kappa shape index (κ1) is 21.3. The third kappa shape index (κ3) is 4.84. The number of ketones is 1. The molecule has 4 rings (SSSR count). The van der Waals surface area contributed by atoms with E-state index in [4.69, 9.17) is 13.6 Å². The number of Topliss-reactive ketones (excluding diaryl/α,β-unsaturated/α-hetero) is 1. The van der Waals surface area contributed by atoms with Gasteiger partial charge in [-0.25, -0.2) is 4.98 Å². The van der Waals surface area contributed by atoms with Crippen LogP contribution in [0.3, 0.4) is 0 Å². The molecule has 9 nitrogen and oxygen atoms in total. The van der Waals surface area contributed by atoms with Crippen LogP contribution in [0.15, 0.2) is 63.7 Å². The van der Waals surface area contributed by atoms with Crippen molar-refractivity contribution in [1.82, 2.24) is 14.8 Å². The topological polar surface area (TPSA) is 112 Å². The number of nitrogens with zero attached hydrogens (tertiary/aromatic N) is 3. The zero-order valence-electron chi connectivity index (χ0n) is 17.7. The average Bonchev–Trinajstić information content (AvgIpc) is 3.53. The molecule has 0 bridgehead atoms. The molecule has 1 amide bonds. The number of oxazole rings is 1. The van der Waals surface area contributed by atoms with E-state index in [2.05, 4.69) is 15.4 Å². The van der Waals surface area contributed by atoms with Crippen molar-refractivity contribution < 1.29 is 23.2 Å². The molecule has 32 heavy (non-hydrogen) atoms. The summed E-state index contributed by atoms with van der Waals surface area (Å²) in [6, 6.07) is 12.7. The molecule has 0 saturated heterocycles. The van der Waals surface area contributed by atoms with Gasteiger partial charge in [0.15, 0.2) is 28.9 Å². The van der Waals surface area contributed by atoms with E-state index in [0.717, 1.165) is 5.56 Å². The van der Waals surface area contributed by atoms with Gasteiger partial charge in [-0.15, -0.1) is 0 Å². The maximum atomic E-state index is 13.0. The second kappa shape index (κ2) is 9.44. The Morgan fingerprint density at radius 1 is 1.12 bits per heavy atom. The lowest BCUT2D eigenvalue weighted by atomic mass is 10.1. The summed E-state index contributed by atoms with van der Waals surface area (Å²) in [6.07, 6.45) is 3.65. The number of hydrogen-bond donors (Lipinski definition) is 1. The summed E-state index contributed by atoms with van der Waals surface area (Å²) < 4.78 is 18.0. The highest BCUT2D eigenvalue weighted by atomic mass is 16.5. The van der Waals surface area contributed by atoms with Crippen molar-refractivity contribution >= 4 is 17.4 Å². The van der Waals surface area contributed by atoms with Crippen LogP contribution < -0.4 is 5.32 Å². The Hall–Kier alpha value is -3.98. The molecule has 3 heterocycles. The Bertz CT molecular complexity index is 1220. The van der Waals surface area contributed by atoms with Crippen LogP contribution in [0.2, 0.25) is 0 Å². The van der Waals surface area contributed by atoms with Gasteiger partial charge >= 0.3 is 0 Å². The number of benzene rings is 1. The summed E-state index contributed by atoms with van der Waals surface area (Å²) in [6.45, 7) is 2.20. The van der Waals surface area contributed by atoms with Crippen LogP contribution in [-0.4, -0.2) is 40.2 Å². The molecular weight excluding hydrogens is 412 g/mol. The first-order valence-corrected chi connectivity index (χ1v) is 10.0. The summed E-state index contributed by atoms with van der Waals surface area (Å²) in [5.74, 6) is 1.15. The van der Waals surface area contributed by atoms with Crippen molar-refractivity contribution in [2.45, 2.75) is 19.9 Å². The van der Waals surface area contributed by atoms with Crippen LogP contribution in [0.5, 0.6) is 0 Å². The van der Waals surface area contributed by atoms with Crippen molar-refractivity contribution in [2.24, 2.45) is 0 Å². The number of carbonyl (C=O) groups is 2. The van der Waals surface area contributed by atoms with Crippen LogP contribution in [0.4, 0.5) is 5.69 Å². The number of rotatable bonds is 9. The van der Waals surface area contributed by atoms with Crippen LogP contribution in [-0.2, 0) is 17.7 Å². The minimum atomic E-state index is -0.410. The minimum absolute atomic E-state index is 0.142. The number of aromatic nitrogens is 3. The van der Waals surface area contributed by atoms with Gasteiger partial charge in [-0.2, -0.15) is 5.10 Å². The Morgan fingerprint density at radius 2 is 1.94 bits per heavy atom. The largest absolute Gasteiger partial charge is 0.456 e. The molecule has 1 aromatic carbocycles. The fourth-order valence-corrected chi connectivity index (χ4v) is 3.12. The van der Waals surface area contributed by atoms with Crippen molar-refractivity contribution in [3.63, 3.8) is 0 Å². The molecule has 0 aliphatic heterocycles. The lowest BCUT2D eigenvalue weighted by Gasteiger charge is -2.02. The summed E-state index contributed by atoms with van der Waals surface area (Å²) in [5.41, 5.74) is 1.43. The molecule has 0 atom stereocenters. The second-order valence-electron chi connectivity index (χ2n) is 7.10. The van der Waals surface area contributed by atoms with Gasteiger partial charge < -0.3 is 18.9 Å². The highest BCUT2D eigenvalue weighted by Crippen LogP contribution is 2.26. The zero-order chi connectivity index (χ0) is 22.5. The van der Waals surface area contributed by atoms with Crippen LogP contribution >= 0.6 is 0 Å². The van der Waals surface area contributed by atoms with Crippen LogP contribution in [0.25, 0.3) is 11.3 Å². The highest BCUT2D eigenvalue weighted by Gasteiger charge is 2.22. The Balaban J connectivity index is 1.51. The predicted molar refractivity (Wildman–Crippen MR) is 116 cm³/mol. The fraction of sp³-hybridized carbons (Fsp3) is 0.217. The molecule has 0 unspecified atom stereocenters. The van der Waals surface area contributed by atoms with Gasteiger partial charge in [-0.05, 0) is 12.1 Å². The predicted octanol–water partition coefficient (Wildman–Crippen LogP) is 3.82. The minimum Gasteiger partial charge on any atom is -0.456 e. The number of carbonyl (C=O) groups excluding carboxylic acids is 2. The van der Waals surface area contributed by atoms with Gasteiger partial charge in [0.2, 0.25) is 0 Å². The van der Waals surface area contributed by atoms with Gasteiger partial charge in [0.25, 0.3) is 5.91 Å². The average molecular weight is 434 g/mol. The number of furan rings is 1. The standard InChI is InChI=1S/C23H22N4O5/c1-15(28)19-9-8-18(31-19)14-27-13-17(12-24-27)25-23(29)21-22(16-6-4-3-5-7-16)32-20(26-21)10-11-30-2/h3-9,12-13H,10-11,14H2,1-2H3,(H,25,29). The fourth-order valence-electron chi connectivity index (χ4n) is 3.12. The number of nitrogens with one attached hydrogen (secondary N) is 1. The molecule has 9 heteroatoms. The van der Waals surface area contributed by atoms with E-state index in [9.17, 15) is 9.59 Å². The van der Waals surface area contributed by atoms with E-state index in [1.54, 1.807) is 30.1 Å². The van der Waals surface area contributed by atoms with Gasteiger partial charge in [-0.3, -0.25) is 14.3 Å². The molecule has 0 aliphatic rings. The number of ether oxygens (including phenoxy) is 1. The van der Waals surface area contributed by atoms with Crippen molar-refractivity contribution in [3.05, 3.63) is 78.0 Å². The van der Waals surface area contributed by atoms with Gasteiger partial charge in [-0.1, -0.05) is 30.3 Å². The highest BCUT2D eigenvalue weighted by molar-refractivity contribution is 6.06. The second-order valence-corrected chi connectivity index (χ2v) is 7.10. The lowest BCUT2D eigenvalue weighted by molar-refractivity contribution is 0.0983. The number of amides is 1. The van der Waals surface area contributed by atoms with E-state index >= 15 is 0 Å². The molecule has 3 aromatic heterocycles. The van der Waals surface area contributed by atoms with Gasteiger partial charge in [0.05, 0.1) is 25.0 Å². The first-order chi connectivity index (χ1) is 15.5. The van der Waals surface area contributed by atoms with Crippen molar-refractivity contribution in [3.8, 4) is 11.3 Å². The number of methoxy groups -OCH3 is 1. The quantitative estimate of drug-likeness (QED) is 0.399. The maximum Gasteiger partial charge on any atom is 0.278 e. The van der Waals surface area contributed by atoms with Crippen molar-refractivity contribution in [1.29, 1.82) is 0 Å². The van der Waals surface area contributed by atoms with E-state index in [1.165, 1.54) is 13.1 Å². The van der Waals surface area contributed by atoms with Gasteiger partial charge in [0, 0.05) is 32.2 Å². The number of hydrogen-bond acceptors (Lipinski definition) is 7. The molecule has 4 aromatic rings. The monoisotopic (exact) mass is 434 g/mol. The smallest absolute Gasteiger partial charge is 0.278 e. The third-order valence-electron chi connectivity index (χ3n) is 4.66. The van der Waals surface area contributed by atoms with Crippen LogP contribution in [0, 0.1) is 0 Å². The Morgan fingerprint density at radius 3 is 2.66 bits per heavy atom. The van der Waals surface area contributed by atoms with E-state index in [-0.39, 0.29) is 11.5 Å². The molecule has 0 fully saturated rings. The summed E-state index contributed by atoms with van der Waals surface area (Å²) in [4.78, 5) is 28.7. The molecule has 164 valence electrons.